The van der Waals surface area contributed by atoms with Crippen molar-refractivity contribution in [1.29, 1.82) is 0 Å². The number of likely N-dealkylation sites (tertiary alicyclic amines) is 2. The second-order valence-electron chi connectivity index (χ2n) is 3.81. The number of aliphatic hydroxyl groups is 1. The summed E-state index contributed by atoms with van der Waals surface area (Å²) in [6, 6.07) is 0.733. The van der Waals surface area contributed by atoms with Crippen molar-refractivity contribution < 1.29 is 5.11 Å². The molecule has 0 spiro atoms. The Morgan fingerprint density at radius 3 is 2.45 bits per heavy atom. The molecular weight excluding hydrogens is 140 g/mol. The molecule has 2 heterocycles. The fourth-order valence-corrected chi connectivity index (χ4v) is 2.00. The summed E-state index contributed by atoms with van der Waals surface area (Å²) in [5, 5.41) is 9.28. The lowest BCUT2D eigenvalue weighted by molar-refractivity contribution is 0.0585. The standard InChI is InChI=1S/C8H16N2O/c1-9-4-7(5-9)10-3-2-8(11)6-10/h7-8,11H,2-6H2,1H3/t8-/m0/s1. The minimum Gasteiger partial charge on any atom is -0.392 e. The van der Waals surface area contributed by atoms with Gasteiger partial charge in [0.2, 0.25) is 0 Å². The van der Waals surface area contributed by atoms with E-state index in [0.29, 0.717) is 0 Å². The van der Waals surface area contributed by atoms with Crippen molar-refractivity contribution in [2.24, 2.45) is 0 Å². The van der Waals surface area contributed by atoms with Gasteiger partial charge in [-0.2, -0.15) is 0 Å². The third-order valence-corrected chi connectivity index (χ3v) is 2.76. The van der Waals surface area contributed by atoms with E-state index in [2.05, 4.69) is 16.8 Å². The minimum atomic E-state index is -0.0547. The van der Waals surface area contributed by atoms with E-state index in [9.17, 15) is 5.11 Å². The van der Waals surface area contributed by atoms with Gasteiger partial charge in [-0.1, -0.05) is 0 Å². The van der Waals surface area contributed by atoms with Crippen LogP contribution in [0.5, 0.6) is 0 Å². The molecule has 3 nitrogen and oxygen atoms in total. The van der Waals surface area contributed by atoms with E-state index in [1.807, 2.05) is 0 Å². The first-order valence-corrected chi connectivity index (χ1v) is 4.36. The zero-order chi connectivity index (χ0) is 7.84. The molecule has 1 N–H and O–H groups in total. The maximum atomic E-state index is 9.28. The monoisotopic (exact) mass is 156 g/mol. The zero-order valence-electron chi connectivity index (χ0n) is 7.03. The smallest absolute Gasteiger partial charge is 0.0679 e. The number of likely N-dealkylation sites (N-methyl/N-ethyl adjacent to an activating group) is 1. The van der Waals surface area contributed by atoms with Crippen molar-refractivity contribution >= 4 is 0 Å². The molecular formula is C8H16N2O. The summed E-state index contributed by atoms with van der Waals surface area (Å²) in [6.45, 7) is 4.37. The van der Waals surface area contributed by atoms with Gasteiger partial charge >= 0.3 is 0 Å². The molecule has 2 aliphatic heterocycles. The van der Waals surface area contributed by atoms with Gasteiger partial charge in [0.1, 0.15) is 0 Å². The van der Waals surface area contributed by atoms with Gasteiger partial charge in [-0.05, 0) is 13.5 Å². The third-order valence-electron chi connectivity index (χ3n) is 2.76. The quantitative estimate of drug-likeness (QED) is 0.547. The van der Waals surface area contributed by atoms with E-state index in [1.54, 1.807) is 0 Å². The highest BCUT2D eigenvalue weighted by Crippen LogP contribution is 2.18. The highest BCUT2D eigenvalue weighted by Gasteiger charge is 2.33. The lowest BCUT2D eigenvalue weighted by Gasteiger charge is -2.41. The van der Waals surface area contributed by atoms with Crippen molar-refractivity contribution in [1.82, 2.24) is 9.80 Å². The van der Waals surface area contributed by atoms with Crippen LogP contribution in [0.25, 0.3) is 0 Å². The fraction of sp³-hybridized carbons (Fsp3) is 1.00. The number of aliphatic hydroxyl groups excluding tert-OH is 1. The molecule has 0 radical (unpaired) electrons. The molecule has 11 heavy (non-hydrogen) atoms. The van der Waals surface area contributed by atoms with Crippen LogP contribution >= 0.6 is 0 Å². The molecule has 2 aliphatic rings. The van der Waals surface area contributed by atoms with Crippen molar-refractivity contribution in [2.75, 3.05) is 33.2 Å². The van der Waals surface area contributed by atoms with Crippen molar-refractivity contribution in [3.8, 4) is 0 Å². The van der Waals surface area contributed by atoms with Gasteiger partial charge < -0.3 is 10.0 Å². The normalized spacial score (nSPS) is 36.0. The summed E-state index contributed by atoms with van der Waals surface area (Å²) in [7, 11) is 2.14. The number of rotatable bonds is 1. The molecule has 3 heteroatoms. The van der Waals surface area contributed by atoms with Gasteiger partial charge in [0.05, 0.1) is 6.10 Å². The van der Waals surface area contributed by atoms with E-state index in [0.717, 1.165) is 25.6 Å². The summed E-state index contributed by atoms with van der Waals surface area (Å²) < 4.78 is 0. The SMILES string of the molecule is CN1CC(N2CC[C@H](O)C2)C1. The van der Waals surface area contributed by atoms with E-state index in [-0.39, 0.29) is 6.10 Å². The molecule has 64 valence electrons. The number of nitrogens with zero attached hydrogens (tertiary/aromatic N) is 2. The maximum absolute atomic E-state index is 9.28. The van der Waals surface area contributed by atoms with Crippen LogP contribution in [0.3, 0.4) is 0 Å². The first kappa shape index (κ1) is 7.53. The second kappa shape index (κ2) is 2.73. The first-order valence-electron chi connectivity index (χ1n) is 4.36. The lowest BCUT2D eigenvalue weighted by atomic mass is 10.1. The van der Waals surface area contributed by atoms with Gasteiger partial charge in [-0.3, -0.25) is 4.90 Å². The molecule has 0 aromatic rings. The lowest BCUT2D eigenvalue weighted by Crippen LogP contribution is -2.57. The Morgan fingerprint density at radius 1 is 1.27 bits per heavy atom. The van der Waals surface area contributed by atoms with Crippen LogP contribution in [0.2, 0.25) is 0 Å². The van der Waals surface area contributed by atoms with Crippen LogP contribution in [0.4, 0.5) is 0 Å². The largest absolute Gasteiger partial charge is 0.392 e. The molecule has 2 saturated heterocycles. The summed E-state index contributed by atoms with van der Waals surface area (Å²) >= 11 is 0. The average Bonchev–Trinajstić information content (AvgIpc) is 2.29. The molecule has 0 aromatic carbocycles. The van der Waals surface area contributed by atoms with Crippen LogP contribution in [0.1, 0.15) is 6.42 Å². The average molecular weight is 156 g/mol. The molecule has 2 fully saturated rings. The van der Waals surface area contributed by atoms with Crippen LogP contribution < -0.4 is 0 Å². The molecule has 0 saturated carbocycles. The number of hydrogen-bond acceptors (Lipinski definition) is 3. The fourth-order valence-electron chi connectivity index (χ4n) is 2.00. The molecule has 0 aromatic heterocycles. The third kappa shape index (κ3) is 1.41. The summed E-state index contributed by atoms with van der Waals surface area (Å²) in [4.78, 5) is 4.72. The summed E-state index contributed by atoms with van der Waals surface area (Å²) in [6.07, 6.45) is 0.918. The molecule has 0 unspecified atom stereocenters. The van der Waals surface area contributed by atoms with E-state index in [1.165, 1.54) is 13.1 Å². The van der Waals surface area contributed by atoms with Gasteiger partial charge in [0.25, 0.3) is 0 Å². The summed E-state index contributed by atoms with van der Waals surface area (Å²) in [5.41, 5.74) is 0. The van der Waals surface area contributed by atoms with Crippen molar-refractivity contribution in [3.63, 3.8) is 0 Å². The Morgan fingerprint density at radius 2 is 2.00 bits per heavy atom. The van der Waals surface area contributed by atoms with Crippen LogP contribution in [0.15, 0.2) is 0 Å². The van der Waals surface area contributed by atoms with Gasteiger partial charge in [0.15, 0.2) is 0 Å². The Hall–Kier alpha value is -0.120. The molecule has 1 atom stereocenters. The topological polar surface area (TPSA) is 26.7 Å². The first-order chi connectivity index (χ1) is 5.25. The molecule has 0 amide bonds. The summed E-state index contributed by atoms with van der Waals surface area (Å²) in [5.74, 6) is 0. The van der Waals surface area contributed by atoms with Crippen molar-refractivity contribution in [3.05, 3.63) is 0 Å². The van der Waals surface area contributed by atoms with Gasteiger partial charge in [-0.15, -0.1) is 0 Å². The Labute approximate surface area is 67.6 Å². The molecule has 0 bridgehead atoms. The maximum Gasteiger partial charge on any atom is 0.0679 e. The molecule has 0 aliphatic carbocycles. The van der Waals surface area contributed by atoms with Crippen LogP contribution in [-0.4, -0.2) is 60.3 Å². The predicted octanol–water partition coefficient (Wildman–Crippen LogP) is -0.633. The Balaban J connectivity index is 1.79. The number of hydrogen-bond donors (Lipinski definition) is 1. The number of β-amino-alcohol motifs (C(OH)–C–C–N with tert-alkyl or cyclic N) is 1. The van der Waals surface area contributed by atoms with Crippen LogP contribution in [-0.2, 0) is 0 Å². The molecule has 2 rings (SSSR count). The van der Waals surface area contributed by atoms with Crippen molar-refractivity contribution in [2.45, 2.75) is 18.6 Å². The minimum absolute atomic E-state index is 0.0547. The second-order valence-corrected chi connectivity index (χ2v) is 3.81. The zero-order valence-corrected chi connectivity index (χ0v) is 7.03. The Kier molecular flexibility index (Phi) is 1.87. The van der Waals surface area contributed by atoms with Gasteiger partial charge in [-0.25, -0.2) is 0 Å². The van der Waals surface area contributed by atoms with E-state index >= 15 is 0 Å². The van der Waals surface area contributed by atoms with Crippen LogP contribution in [0, 0.1) is 0 Å². The predicted molar refractivity (Wildman–Crippen MR) is 43.5 cm³/mol. The highest BCUT2D eigenvalue weighted by molar-refractivity contribution is 4.90. The highest BCUT2D eigenvalue weighted by atomic mass is 16.3. The Bertz CT molecular complexity index is 145. The van der Waals surface area contributed by atoms with Gasteiger partial charge in [0, 0.05) is 32.2 Å². The van der Waals surface area contributed by atoms with E-state index < -0.39 is 0 Å². The van der Waals surface area contributed by atoms with E-state index in [4.69, 9.17) is 0 Å².